The molecule has 0 aromatic carbocycles. The molecule has 1 aromatic heterocycles. The third-order valence-corrected chi connectivity index (χ3v) is 2.18. The monoisotopic (exact) mass is 203 g/mol. The van der Waals surface area contributed by atoms with Gasteiger partial charge in [-0.05, 0) is 24.0 Å². The first-order chi connectivity index (χ1) is 6.34. The molecule has 78 valence electrons. The topological polar surface area (TPSA) is 12.9 Å². The predicted octanol–water partition coefficient (Wildman–Crippen LogP) is 3.53. The Kier molecular flexibility index (Phi) is 2.83. The fourth-order valence-electron chi connectivity index (χ4n) is 1.41. The molecule has 0 bridgehead atoms. The number of nitrogens with zero attached hydrogens (tertiary/aromatic N) is 1. The first kappa shape index (κ1) is 11.0. The summed E-state index contributed by atoms with van der Waals surface area (Å²) in [4.78, 5) is 3.61. The van der Waals surface area contributed by atoms with E-state index in [4.69, 9.17) is 0 Å². The molecule has 0 radical (unpaired) electrons. The molecule has 1 heterocycles. The Morgan fingerprint density at radius 3 is 2.21 bits per heavy atom. The summed E-state index contributed by atoms with van der Waals surface area (Å²) in [5, 5.41) is 0. The molecular formula is C10H12F3N. The molecular weight excluding hydrogens is 191 g/mol. The smallest absolute Gasteiger partial charge is 0.264 e. The second-order valence-electron chi connectivity index (χ2n) is 3.55. The molecule has 0 aliphatic carbocycles. The second kappa shape index (κ2) is 3.59. The average molecular weight is 203 g/mol. The highest BCUT2D eigenvalue weighted by molar-refractivity contribution is 5.34. The maximum Gasteiger partial charge on any atom is 0.418 e. The third-order valence-electron chi connectivity index (χ3n) is 2.18. The van der Waals surface area contributed by atoms with E-state index in [9.17, 15) is 13.2 Å². The highest BCUT2D eigenvalue weighted by Crippen LogP contribution is 2.33. The number of pyridine rings is 1. The van der Waals surface area contributed by atoms with Crippen LogP contribution < -0.4 is 0 Å². The normalized spacial score (nSPS) is 12.2. The van der Waals surface area contributed by atoms with Gasteiger partial charge in [-0.15, -0.1) is 0 Å². The van der Waals surface area contributed by atoms with Crippen LogP contribution in [0.1, 0.15) is 36.5 Å². The van der Waals surface area contributed by atoms with Gasteiger partial charge in [0.2, 0.25) is 0 Å². The molecule has 0 fully saturated rings. The first-order valence-electron chi connectivity index (χ1n) is 4.35. The minimum Gasteiger partial charge on any atom is -0.264 e. The molecule has 0 aliphatic rings. The van der Waals surface area contributed by atoms with Gasteiger partial charge in [0.05, 0.1) is 5.56 Å². The molecule has 14 heavy (non-hydrogen) atoms. The average Bonchev–Trinajstić information content (AvgIpc) is 2.01. The Morgan fingerprint density at radius 1 is 1.21 bits per heavy atom. The lowest BCUT2D eigenvalue weighted by atomic mass is 9.97. The number of halogens is 3. The summed E-state index contributed by atoms with van der Waals surface area (Å²) in [5.74, 6) is 0.0600. The van der Waals surface area contributed by atoms with E-state index in [1.165, 1.54) is 13.1 Å². The lowest BCUT2D eigenvalue weighted by Crippen LogP contribution is -2.10. The summed E-state index contributed by atoms with van der Waals surface area (Å²) in [6.45, 7) is 5.19. The van der Waals surface area contributed by atoms with Crippen molar-refractivity contribution >= 4 is 0 Å². The SMILES string of the molecule is Cc1c(C(C)C)cncc1C(F)(F)F. The van der Waals surface area contributed by atoms with Crippen LogP contribution in [0.2, 0.25) is 0 Å². The lowest BCUT2D eigenvalue weighted by molar-refractivity contribution is -0.138. The molecule has 0 spiro atoms. The van der Waals surface area contributed by atoms with Crippen LogP contribution in [0, 0.1) is 6.92 Å². The van der Waals surface area contributed by atoms with E-state index in [1.807, 2.05) is 13.8 Å². The number of rotatable bonds is 1. The van der Waals surface area contributed by atoms with Crippen molar-refractivity contribution in [2.24, 2.45) is 0 Å². The largest absolute Gasteiger partial charge is 0.418 e. The van der Waals surface area contributed by atoms with Gasteiger partial charge < -0.3 is 0 Å². The van der Waals surface area contributed by atoms with Crippen LogP contribution in [-0.2, 0) is 6.18 Å². The van der Waals surface area contributed by atoms with Crippen molar-refractivity contribution in [3.8, 4) is 0 Å². The van der Waals surface area contributed by atoms with Gasteiger partial charge >= 0.3 is 6.18 Å². The van der Waals surface area contributed by atoms with Gasteiger partial charge in [0.1, 0.15) is 0 Å². The first-order valence-corrected chi connectivity index (χ1v) is 4.35. The van der Waals surface area contributed by atoms with E-state index >= 15 is 0 Å². The zero-order chi connectivity index (χ0) is 10.9. The van der Waals surface area contributed by atoms with Crippen LogP contribution in [0.4, 0.5) is 13.2 Å². The van der Waals surface area contributed by atoms with Gasteiger partial charge in [0, 0.05) is 12.4 Å². The van der Waals surface area contributed by atoms with Crippen molar-refractivity contribution in [3.05, 3.63) is 29.1 Å². The molecule has 1 rings (SSSR count). The highest BCUT2D eigenvalue weighted by Gasteiger charge is 2.33. The van der Waals surface area contributed by atoms with E-state index in [0.29, 0.717) is 5.56 Å². The van der Waals surface area contributed by atoms with Crippen molar-refractivity contribution in [3.63, 3.8) is 0 Å². The Bertz CT molecular complexity index is 329. The van der Waals surface area contributed by atoms with Crippen LogP contribution >= 0.6 is 0 Å². The molecule has 1 aromatic rings. The van der Waals surface area contributed by atoms with Crippen LogP contribution in [-0.4, -0.2) is 4.98 Å². The second-order valence-corrected chi connectivity index (χ2v) is 3.55. The molecule has 1 nitrogen and oxygen atoms in total. The maximum atomic E-state index is 12.5. The summed E-state index contributed by atoms with van der Waals surface area (Å²) in [6.07, 6.45) is -1.93. The number of hydrogen-bond donors (Lipinski definition) is 0. The van der Waals surface area contributed by atoms with Crippen molar-refractivity contribution in [1.29, 1.82) is 0 Å². The minimum atomic E-state index is -4.30. The lowest BCUT2D eigenvalue weighted by Gasteiger charge is -2.14. The Morgan fingerprint density at radius 2 is 1.79 bits per heavy atom. The van der Waals surface area contributed by atoms with Crippen molar-refractivity contribution in [2.75, 3.05) is 0 Å². The molecule has 0 saturated heterocycles. The predicted molar refractivity (Wildman–Crippen MR) is 48.1 cm³/mol. The van der Waals surface area contributed by atoms with Gasteiger partial charge in [0.25, 0.3) is 0 Å². The quantitative estimate of drug-likeness (QED) is 0.680. The Hall–Kier alpha value is -1.06. The summed E-state index contributed by atoms with van der Waals surface area (Å²) in [6, 6.07) is 0. The number of hydrogen-bond acceptors (Lipinski definition) is 1. The third kappa shape index (κ3) is 2.05. The molecule has 0 atom stereocenters. The molecule has 0 N–H and O–H groups in total. The van der Waals surface area contributed by atoms with Crippen LogP contribution in [0.5, 0.6) is 0 Å². The minimum absolute atomic E-state index is 0.0600. The fraction of sp³-hybridized carbons (Fsp3) is 0.500. The number of aromatic nitrogens is 1. The van der Waals surface area contributed by atoms with E-state index in [-0.39, 0.29) is 11.5 Å². The molecule has 0 amide bonds. The van der Waals surface area contributed by atoms with Gasteiger partial charge in [-0.25, -0.2) is 0 Å². The van der Waals surface area contributed by atoms with Crippen LogP contribution in [0.15, 0.2) is 12.4 Å². The molecule has 0 saturated carbocycles. The summed E-state index contributed by atoms with van der Waals surface area (Å²) in [7, 11) is 0. The zero-order valence-electron chi connectivity index (χ0n) is 8.31. The Labute approximate surface area is 81.0 Å². The van der Waals surface area contributed by atoms with Gasteiger partial charge in [-0.1, -0.05) is 13.8 Å². The Balaban J connectivity index is 3.28. The van der Waals surface area contributed by atoms with Crippen molar-refractivity contribution in [1.82, 2.24) is 4.98 Å². The zero-order valence-corrected chi connectivity index (χ0v) is 8.31. The highest BCUT2D eigenvalue weighted by atomic mass is 19.4. The van der Waals surface area contributed by atoms with Crippen molar-refractivity contribution in [2.45, 2.75) is 32.9 Å². The van der Waals surface area contributed by atoms with Gasteiger partial charge in [-0.2, -0.15) is 13.2 Å². The molecule has 4 heteroatoms. The van der Waals surface area contributed by atoms with Crippen molar-refractivity contribution < 1.29 is 13.2 Å². The summed E-state index contributed by atoms with van der Waals surface area (Å²) in [5.41, 5.74) is 0.297. The standard InChI is InChI=1S/C10H12F3N/c1-6(2)8-4-14-5-9(7(8)3)10(11,12)13/h4-6H,1-3H3. The van der Waals surface area contributed by atoms with E-state index < -0.39 is 11.7 Å². The van der Waals surface area contributed by atoms with Gasteiger partial charge in [0.15, 0.2) is 0 Å². The maximum absolute atomic E-state index is 12.5. The molecule has 0 aliphatic heterocycles. The van der Waals surface area contributed by atoms with E-state index in [1.54, 1.807) is 0 Å². The van der Waals surface area contributed by atoms with Gasteiger partial charge in [-0.3, -0.25) is 4.98 Å². The van der Waals surface area contributed by atoms with Crippen LogP contribution in [0.25, 0.3) is 0 Å². The summed E-state index contributed by atoms with van der Waals surface area (Å²) < 4.78 is 37.4. The van der Waals surface area contributed by atoms with E-state index in [0.717, 1.165) is 6.20 Å². The molecule has 0 unspecified atom stereocenters. The number of alkyl halides is 3. The summed E-state index contributed by atoms with van der Waals surface area (Å²) >= 11 is 0. The van der Waals surface area contributed by atoms with Crippen LogP contribution in [0.3, 0.4) is 0 Å². The van der Waals surface area contributed by atoms with E-state index in [2.05, 4.69) is 4.98 Å². The fourth-order valence-corrected chi connectivity index (χ4v) is 1.41.